The van der Waals surface area contributed by atoms with E-state index in [1.807, 2.05) is 37.3 Å². The molecule has 1 saturated carbocycles. The second kappa shape index (κ2) is 10.3. The van der Waals surface area contributed by atoms with Crippen molar-refractivity contribution < 1.29 is 22.6 Å². The maximum absolute atomic E-state index is 14.7. The Bertz CT molecular complexity index is 1090. The van der Waals surface area contributed by atoms with Crippen LogP contribution in [0.3, 0.4) is 0 Å². The van der Waals surface area contributed by atoms with E-state index < -0.39 is 11.6 Å². The van der Waals surface area contributed by atoms with Crippen molar-refractivity contribution in [2.75, 3.05) is 13.7 Å². The summed E-state index contributed by atoms with van der Waals surface area (Å²) in [7, 11) is 1.45. The molecule has 0 heterocycles. The molecule has 0 N–H and O–H groups in total. The number of hydrogen-bond acceptors (Lipinski definition) is 2. The van der Waals surface area contributed by atoms with Crippen LogP contribution in [0.2, 0.25) is 0 Å². The molecule has 3 aromatic carbocycles. The predicted molar refractivity (Wildman–Crippen MR) is 124 cm³/mol. The maximum atomic E-state index is 14.7. The average molecular weight is 455 g/mol. The highest BCUT2D eigenvalue weighted by atomic mass is 19.2. The summed E-state index contributed by atoms with van der Waals surface area (Å²) in [6.45, 7) is 2.39. The summed E-state index contributed by atoms with van der Waals surface area (Å²) in [5, 5.41) is 0. The average Bonchev–Trinajstić information content (AvgIpc) is 2.85. The Balaban J connectivity index is 1.35. The van der Waals surface area contributed by atoms with Gasteiger partial charge in [0.25, 0.3) is 0 Å². The molecule has 0 aliphatic heterocycles. The highest BCUT2D eigenvalue weighted by molar-refractivity contribution is 5.65. The zero-order chi connectivity index (χ0) is 23.4. The van der Waals surface area contributed by atoms with Gasteiger partial charge in [0.2, 0.25) is 5.82 Å². The molecular weight excluding hydrogens is 425 g/mol. The summed E-state index contributed by atoms with van der Waals surface area (Å²) in [4.78, 5) is 0. The van der Waals surface area contributed by atoms with Gasteiger partial charge in [-0.25, -0.2) is 8.78 Å². The normalized spacial score (nSPS) is 18.2. The fourth-order valence-corrected chi connectivity index (χ4v) is 4.59. The van der Waals surface area contributed by atoms with Crippen LogP contribution in [-0.4, -0.2) is 13.7 Å². The van der Waals surface area contributed by atoms with E-state index in [1.54, 1.807) is 18.2 Å². The number of benzene rings is 3. The van der Waals surface area contributed by atoms with Crippen LogP contribution in [0.25, 0.3) is 11.1 Å². The number of halogens is 3. The first kappa shape index (κ1) is 23.2. The van der Waals surface area contributed by atoms with Crippen molar-refractivity contribution in [1.82, 2.24) is 0 Å². The van der Waals surface area contributed by atoms with E-state index in [1.165, 1.54) is 13.2 Å². The van der Waals surface area contributed by atoms with E-state index in [0.717, 1.165) is 43.2 Å². The van der Waals surface area contributed by atoms with E-state index in [2.05, 4.69) is 0 Å². The Morgan fingerprint density at radius 1 is 0.818 bits per heavy atom. The lowest BCUT2D eigenvalue weighted by molar-refractivity contribution is 0.192. The van der Waals surface area contributed by atoms with E-state index in [-0.39, 0.29) is 34.7 Å². The molecule has 0 radical (unpaired) electrons. The second-order valence-corrected chi connectivity index (χ2v) is 8.71. The van der Waals surface area contributed by atoms with Crippen molar-refractivity contribution in [3.8, 4) is 22.6 Å². The van der Waals surface area contributed by atoms with Crippen molar-refractivity contribution in [2.24, 2.45) is 5.92 Å². The molecule has 174 valence electrons. The Morgan fingerprint density at radius 3 is 2.15 bits per heavy atom. The Hall–Kier alpha value is -2.95. The van der Waals surface area contributed by atoms with Gasteiger partial charge in [-0.15, -0.1) is 0 Å². The highest BCUT2D eigenvalue weighted by Gasteiger charge is 2.24. The van der Waals surface area contributed by atoms with Gasteiger partial charge in [0.15, 0.2) is 23.1 Å². The van der Waals surface area contributed by atoms with Gasteiger partial charge >= 0.3 is 0 Å². The smallest absolute Gasteiger partial charge is 0.201 e. The molecule has 1 fully saturated rings. The summed E-state index contributed by atoms with van der Waals surface area (Å²) in [5.74, 6) is -1.44. The Labute approximate surface area is 193 Å². The third-order valence-corrected chi connectivity index (χ3v) is 6.69. The van der Waals surface area contributed by atoms with Crippen LogP contribution in [-0.2, 0) is 6.42 Å². The molecule has 0 bridgehead atoms. The molecule has 0 aromatic heterocycles. The van der Waals surface area contributed by atoms with Crippen LogP contribution in [0.5, 0.6) is 11.5 Å². The van der Waals surface area contributed by atoms with E-state index in [0.29, 0.717) is 12.2 Å². The first-order chi connectivity index (χ1) is 16.0. The number of rotatable bonds is 7. The van der Waals surface area contributed by atoms with Crippen LogP contribution >= 0.6 is 0 Å². The number of ether oxygens (including phenoxy) is 2. The quantitative estimate of drug-likeness (QED) is 0.364. The van der Waals surface area contributed by atoms with Crippen molar-refractivity contribution in [2.45, 2.75) is 44.9 Å². The summed E-state index contributed by atoms with van der Waals surface area (Å²) in [6, 6.07) is 15.7. The van der Waals surface area contributed by atoms with Gasteiger partial charge in [-0.2, -0.15) is 4.39 Å². The molecule has 33 heavy (non-hydrogen) atoms. The fraction of sp³-hybridized carbons (Fsp3) is 0.357. The molecule has 5 heteroatoms. The van der Waals surface area contributed by atoms with Crippen LogP contribution in [0.1, 0.15) is 49.7 Å². The van der Waals surface area contributed by atoms with Gasteiger partial charge in [0.1, 0.15) is 0 Å². The highest BCUT2D eigenvalue weighted by Crippen LogP contribution is 2.38. The number of hydrogen-bond donors (Lipinski definition) is 0. The minimum atomic E-state index is -0.950. The van der Waals surface area contributed by atoms with Gasteiger partial charge in [-0.3, -0.25) is 0 Å². The van der Waals surface area contributed by atoms with E-state index in [9.17, 15) is 13.2 Å². The summed E-state index contributed by atoms with van der Waals surface area (Å²) in [6.07, 6.45) is 4.49. The lowest BCUT2D eigenvalue weighted by atomic mass is 9.79. The van der Waals surface area contributed by atoms with Gasteiger partial charge in [0, 0.05) is 5.56 Å². The Morgan fingerprint density at radius 2 is 1.52 bits per heavy atom. The van der Waals surface area contributed by atoms with E-state index in [4.69, 9.17) is 9.47 Å². The van der Waals surface area contributed by atoms with Crippen LogP contribution in [0, 0.1) is 23.4 Å². The van der Waals surface area contributed by atoms with Crippen molar-refractivity contribution in [3.63, 3.8) is 0 Å². The van der Waals surface area contributed by atoms with Crippen LogP contribution in [0.15, 0.2) is 54.6 Å². The number of methoxy groups -OCH3 is 1. The third-order valence-electron chi connectivity index (χ3n) is 6.69. The van der Waals surface area contributed by atoms with Crippen LogP contribution < -0.4 is 9.47 Å². The topological polar surface area (TPSA) is 18.5 Å². The third kappa shape index (κ3) is 5.18. The fourth-order valence-electron chi connectivity index (χ4n) is 4.59. The van der Waals surface area contributed by atoms with Gasteiger partial charge in [-0.05, 0) is 84.9 Å². The summed E-state index contributed by atoms with van der Waals surface area (Å²) >= 11 is 0. The molecule has 0 amide bonds. The van der Waals surface area contributed by atoms with Crippen molar-refractivity contribution >= 4 is 0 Å². The largest absolute Gasteiger partial charge is 0.494 e. The predicted octanol–water partition coefficient (Wildman–Crippen LogP) is 7.69. The molecule has 1 aliphatic carbocycles. The lowest BCUT2D eigenvalue weighted by Gasteiger charge is -2.29. The molecule has 0 atom stereocenters. The Kier molecular flexibility index (Phi) is 7.26. The zero-order valence-electron chi connectivity index (χ0n) is 19.0. The summed E-state index contributed by atoms with van der Waals surface area (Å²) in [5.41, 5.74) is 2.99. The number of aryl methyl sites for hydroxylation is 1. The molecule has 3 aromatic rings. The summed E-state index contributed by atoms with van der Waals surface area (Å²) < 4.78 is 54.1. The first-order valence-electron chi connectivity index (χ1n) is 11.5. The molecule has 0 unspecified atom stereocenters. The monoisotopic (exact) mass is 454 g/mol. The van der Waals surface area contributed by atoms with Gasteiger partial charge in [0.05, 0.1) is 13.7 Å². The van der Waals surface area contributed by atoms with Gasteiger partial charge < -0.3 is 9.47 Å². The van der Waals surface area contributed by atoms with Crippen LogP contribution in [0.4, 0.5) is 13.2 Å². The SMILES string of the molecule is CCc1ccc(-c2ccc(OCC3CCC(c4ccc(OC)c(F)c4)CC3)c(F)c2F)cc1. The minimum Gasteiger partial charge on any atom is -0.494 e. The molecule has 1 aliphatic rings. The molecule has 0 spiro atoms. The van der Waals surface area contributed by atoms with Crippen molar-refractivity contribution in [1.29, 1.82) is 0 Å². The first-order valence-corrected chi connectivity index (χ1v) is 11.5. The van der Waals surface area contributed by atoms with Crippen molar-refractivity contribution in [3.05, 3.63) is 83.2 Å². The second-order valence-electron chi connectivity index (χ2n) is 8.71. The molecule has 4 rings (SSSR count). The maximum Gasteiger partial charge on any atom is 0.201 e. The molecular formula is C28H29F3O2. The minimum absolute atomic E-state index is 0.0548. The van der Waals surface area contributed by atoms with Gasteiger partial charge in [-0.1, -0.05) is 37.3 Å². The molecule has 0 saturated heterocycles. The lowest BCUT2D eigenvalue weighted by Crippen LogP contribution is -2.19. The zero-order valence-corrected chi connectivity index (χ0v) is 19.0. The standard InChI is InChI=1S/C28H29F3O2/c1-3-18-4-10-21(11-5-18)23-13-15-26(28(31)27(23)30)33-17-19-6-8-20(9-7-19)22-12-14-25(32-2)24(29)16-22/h4-5,10-16,19-20H,3,6-9,17H2,1-2H3. The molecule has 2 nitrogen and oxygen atoms in total. The van der Waals surface area contributed by atoms with E-state index >= 15 is 0 Å².